The Morgan fingerprint density at radius 2 is 1.90 bits per heavy atom. The lowest BCUT2D eigenvalue weighted by molar-refractivity contribution is 0.0453. The Labute approximate surface area is 196 Å². The lowest BCUT2D eigenvalue weighted by Gasteiger charge is -2.12. The molecule has 168 valence electrons. The van der Waals surface area contributed by atoms with Crippen LogP contribution in [0, 0.1) is 0 Å². The highest BCUT2D eigenvalue weighted by molar-refractivity contribution is 14.0. The Morgan fingerprint density at radius 3 is 2.67 bits per heavy atom. The number of hydrogen-bond donors (Lipinski definition) is 2. The molecule has 2 rings (SSSR count). The molecule has 2 N–H and O–H groups in total. The molecule has 0 bridgehead atoms. The van der Waals surface area contributed by atoms with E-state index in [-0.39, 0.29) is 24.0 Å². The summed E-state index contributed by atoms with van der Waals surface area (Å²) in [4.78, 5) is 4.70. The summed E-state index contributed by atoms with van der Waals surface area (Å²) in [5.41, 5.74) is 2.30. The van der Waals surface area contributed by atoms with Crippen molar-refractivity contribution >= 4 is 29.9 Å². The van der Waals surface area contributed by atoms with Crippen molar-refractivity contribution in [2.24, 2.45) is 4.99 Å². The minimum atomic E-state index is 0. The second-order valence-corrected chi connectivity index (χ2v) is 6.49. The normalized spacial score (nSPS) is 11.2. The summed E-state index contributed by atoms with van der Waals surface area (Å²) in [7, 11) is 0. The molecule has 0 aliphatic carbocycles. The molecule has 1 heterocycles. The van der Waals surface area contributed by atoms with Crippen LogP contribution in [-0.2, 0) is 35.6 Å². The summed E-state index contributed by atoms with van der Waals surface area (Å²) in [5, 5.41) is 14.7. The number of guanidine groups is 1. The molecule has 0 aliphatic rings. The maximum Gasteiger partial charge on any atom is 0.191 e. The predicted molar refractivity (Wildman–Crippen MR) is 130 cm³/mol. The molecule has 1 aromatic heterocycles. The monoisotopic (exact) mass is 530 g/mol. The van der Waals surface area contributed by atoms with Gasteiger partial charge in [-0.15, -0.1) is 34.2 Å². The molecule has 2 aromatic rings. The first-order chi connectivity index (χ1) is 14.3. The quantitative estimate of drug-likeness (QED) is 0.179. The molecule has 0 radical (unpaired) electrons. The van der Waals surface area contributed by atoms with Gasteiger partial charge < -0.3 is 24.7 Å². The van der Waals surface area contributed by atoms with Gasteiger partial charge in [0.25, 0.3) is 0 Å². The zero-order chi connectivity index (χ0) is 20.7. The molecule has 0 amide bonds. The summed E-state index contributed by atoms with van der Waals surface area (Å²) < 4.78 is 13.0. The van der Waals surface area contributed by atoms with Gasteiger partial charge in [0.15, 0.2) is 5.96 Å². The van der Waals surface area contributed by atoms with Crippen LogP contribution >= 0.6 is 24.0 Å². The Morgan fingerprint density at radius 1 is 1.10 bits per heavy atom. The van der Waals surface area contributed by atoms with Gasteiger partial charge in [0, 0.05) is 32.7 Å². The van der Waals surface area contributed by atoms with Crippen molar-refractivity contribution in [2.45, 2.75) is 46.9 Å². The van der Waals surface area contributed by atoms with E-state index in [1.165, 1.54) is 0 Å². The number of nitrogens with zero attached hydrogens (tertiary/aromatic N) is 4. The number of aliphatic imine (C=N–C) groups is 1. The van der Waals surface area contributed by atoms with E-state index in [2.05, 4.69) is 57.4 Å². The van der Waals surface area contributed by atoms with Gasteiger partial charge in [0.05, 0.1) is 26.4 Å². The Balaban J connectivity index is 0.00000450. The molecule has 1 aromatic carbocycles. The molecule has 30 heavy (non-hydrogen) atoms. The van der Waals surface area contributed by atoms with Gasteiger partial charge >= 0.3 is 0 Å². The third-order valence-corrected chi connectivity index (χ3v) is 4.26. The maximum atomic E-state index is 5.65. The van der Waals surface area contributed by atoms with Gasteiger partial charge in [-0.05, 0) is 25.0 Å². The van der Waals surface area contributed by atoms with E-state index in [0.29, 0.717) is 26.4 Å². The summed E-state index contributed by atoms with van der Waals surface area (Å²) in [6.45, 7) is 11.6. The highest BCUT2D eigenvalue weighted by atomic mass is 127. The van der Waals surface area contributed by atoms with E-state index in [1.54, 1.807) is 6.33 Å². The van der Waals surface area contributed by atoms with Crippen LogP contribution in [0.15, 0.2) is 35.6 Å². The highest BCUT2D eigenvalue weighted by Gasteiger charge is 2.03. The highest BCUT2D eigenvalue weighted by Crippen LogP contribution is 2.08. The molecule has 9 heteroatoms. The largest absolute Gasteiger partial charge is 0.379 e. The number of aryl methyl sites for hydroxylation is 1. The second-order valence-electron chi connectivity index (χ2n) is 6.49. The third kappa shape index (κ3) is 9.86. The molecule has 0 saturated carbocycles. The fourth-order valence-electron chi connectivity index (χ4n) is 2.82. The van der Waals surface area contributed by atoms with Gasteiger partial charge in [-0.25, -0.2) is 4.99 Å². The summed E-state index contributed by atoms with van der Waals surface area (Å²) >= 11 is 0. The molecule has 0 unspecified atom stereocenters. The molecular formula is C21H35IN6O2. The molecular weight excluding hydrogens is 495 g/mol. The van der Waals surface area contributed by atoms with Crippen LogP contribution in [0.1, 0.15) is 37.7 Å². The van der Waals surface area contributed by atoms with E-state index in [1.807, 2.05) is 13.0 Å². The van der Waals surface area contributed by atoms with E-state index in [0.717, 1.165) is 55.6 Å². The molecule has 0 saturated heterocycles. The minimum Gasteiger partial charge on any atom is -0.379 e. The van der Waals surface area contributed by atoms with Crippen molar-refractivity contribution < 1.29 is 9.47 Å². The van der Waals surface area contributed by atoms with Crippen LogP contribution in [-0.4, -0.2) is 53.6 Å². The lowest BCUT2D eigenvalue weighted by atomic mass is 10.1. The summed E-state index contributed by atoms with van der Waals surface area (Å²) in [5.74, 6) is 1.80. The van der Waals surface area contributed by atoms with E-state index < -0.39 is 0 Å². The van der Waals surface area contributed by atoms with Gasteiger partial charge in [-0.3, -0.25) is 0 Å². The molecule has 0 fully saturated rings. The summed E-state index contributed by atoms with van der Waals surface area (Å²) in [6, 6.07) is 8.34. The van der Waals surface area contributed by atoms with Crippen molar-refractivity contribution in [1.82, 2.24) is 25.4 Å². The number of ether oxygens (including phenoxy) is 2. The average Bonchev–Trinajstić information content (AvgIpc) is 3.20. The first-order valence-electron chi connectivity index (χ1n) is 10.4. The van der Waals surface area contributed by atoms with Gasteiger partial charge in [-0.1, -0.05) is 31.2 Å². The van der Waals surface area contributed by atoms with Crippen molar-refractivity contribution in [3.63, 3.8) is 0 Å². The number of halogens is 1. The standard InChI is InChI=1S/C21H34N6O2.HI/c1-4-20-26-25-17-27(20)11-10-23-21(22-5-2)24-15-18-8-7-9-19(14-18)16-29-13-12-28-6-3;/h7-9,14,17H,4-6,10-13,15-16H2,1-3H3,(H2,22,23,24);1H. The lowest BCUT2D eigenvalue weighted by Crippen LogP contribution is -2.38. The van der Waals surface area contributed by atoms with Crippen LogP contribution in [0.4, 0.5) is 0 Å². The number of rotatable bonds is 13. The predicted octanol–water partition coefficient (Wildman–Crippen LogP) is 2.77. The fraction of sp³-hybridized carbons (Fsp3) is 0.571. The topological polar surface area (TPSA) is 85.6 Å². The van der Waals surface area contributed by atoms with Gasteiger partial charge in [0.2, 0.25) is 0 Å². The van der Waals surface area contributed by atoms with Crippen molar-refractivity contribution in [2.75, 3.05) is 32.9 Å². The minimum absolute atomic E-state index is 0. The summed E-state index contributed by atoms with van der Waals surface area (Å²) in [6.07, 6.45) is 2.65. The fourth-order valence-corrected chi connectivity index (χ4v) is 2.82. The number of benzene rings is 1. The van der Waals surface area contributed by atoms with Gasteiger partial charge in [0.1, 0.15) is 12.2 Å². The van der Waals surface area contributed by atoms with Crippen LogP contribution in [0.3, 0.4) is 0 Å². The average molecular weight is 530 g/mol. The van der Waals surface area contributed by atoms with Crippen molar-refractivity contribution in [1.29, 1.82) is 0 Å². The van der Waals surface area contributed by atoms with Crippen LogP contribution in [0.5, 0.6) is 0 Å². The molecule has 0 atom stereocenters. The number of hydrogen-bond acceptors (Lipinski definition) is 5. The van der Waals surface area contributed by atoms with E-state index in [9.17, 15) is 0 Å². The van der Waals surface area contributed by atoms with Gasteiger partial charge in [-0.2, -0.15) is 0 Å². The second kappa shape index (κ2) is 16.0. The molecule has 8 nitrogen and oxygen atoms in total. The SMILES string of the molecule is CCNC(=NCc1cccc(COCCOCC)c1)NCCn1cnnc1CC.I. The zero-order valence-electron chi connectivity index (χ0n) is 18.3. The zero-order valence-corrected chi connectivity index (χ0v) is 20.6. The van der Waals surface area contributed by atoms with Crippen LogP contribution < -0.4 is 10.6 Å². The number of nitrogens with one attached hydrogen (secondary N) is 2. The van der Waals surface area contributed by atoms with E-state index in [4.69, 9.17) is 14.5 Å². The molecule has 0 spiro atoms. The number of aromatic nitrogens is 3. The first kappa shape index (κ1) is 26.3. The Bertz CT molecular complexity index is 738. The Kier molecular flexibility index (Phi) is 14.1. The Hall–Kier alpha value is -1.72. The third-order valence-electron chi connectivity index (χ3n) is 4.26. The smallest absolute Gasteiger partial charge is 0.191 e. The van der Waals surface area contributed by atoms with Crippen LogP contribution in [0.25, 0.3) is 0 Å². The maximum absolute atomic E-state index is 5.65. The van der Waals surface area contributed by atoms with Crippen LogP contribution in [0.2, 0.25) is 0 Å². The van der Waals surface area contributed by atoms with Crippen molar-refractivity contribution in [3.05, 3.63) is 47.5 Å². The molecule has 0 aliphatic heterocycles. The van der Waals surface area contributed by atoms with E-state index >= 15 is 0 Å². The first-order valence-corrected chi connectivity index (χ1v) is 10.4. The van der Waals surface area contributed by atoms with Crippen molar-refractivity contribution in [3.8, 4) is 0 Å².